The molecule has 0 saturated heterocycles. The minimum Gasteiger partial charge on any atom is -0.383 e. The second-order valence-corrected chi connectivity index (χ2v) is 9.37. The Balaban J connectivity index is 1.46. The number of hydrogen-bond donors (Lipinski definition) is 4. The molecule has 1 unspecified atom stereocenters. The molecule has 1 fully saturated rings. The van der Waals surface area contributed by atoms with Crippen molar-refractivity contribution < 1.29 is 4.79 Å². The van der Waals surface area contributed by atoms with Crippen molar-refractivity contribution in [3.8, 4) is 0 Å². The van der Waals surface area contributed by atoms with Gasteiger partial charge >= 0.3 is 0 Å². The first-order valence-electron chi connectivity index (χ1n) is 12.3. The van der Waals surface area contributed by atoms with Crippen LogP contribution in [0.25, 0.3) is 5.70 Å². The van der Waals surface area contributed by atoms with Crippen LogP contribution in [0.1, 0.15) is 49.8 Å². The monoisotopic (exact) mass is 494 g/mol. The van der Waals surface area contributed by atoms with Gasteiger partial charge in [-0.05, 0) is 44.4 Å². The molecule has 1 aliphatic carbocycles. The third kappa shape index (κ3) is 4.67. The molecule has 37 heavy (non-hydrogen) atoms. The Kier molecular flexibility index (Phi) is 6.43. The van der Waals surface area contributed by atoms with Crippen LogP contribution in [0.15, 0.2) is 66.4 Å². The predicted octanol–water partition coefficient (Wildman–Crippen LogP) is 4.80. The predicted molar refractivity (Wildman–Crippen MR) is 148 cm³/mol. The highest BCUT2D eigenvalue weighted by Crippen LogP contribution is 2.39. The summed E-state index contributed by atoms with van der Waals surface area (Å²) in [6.45, 7) is 7.89. The smallest absolute Gasteiger partial charge is 0.221 e. The fourth-order valence-corrected chi connectivity index (χ4v) is 4.71. The number of nitrogen functional groups attached to an aromatic ring is 1. The van der Waals surface area contributed by atoms with Gasteiger partial charge in [0.05, 0.1) is 23.0 Å². The second kappa shape index (κ2) is 9.85. The SMILES string of the molecule is C=C1c2ccccc2N=C(C(C)Nc2ncnc(N)c2C(=N)c2ccc(NC(C)=O)cc2)N1C1CCC1. The van der Waals surface area contributed by atoms with Gasteiger partial charge in [-0.1, -0.05) is 36.9 Å². The minimum absolute atomic E-state index is 0.157. The first-order chi connectivity index (χ1) is 17.8. The van der Waals surface area contributed by atoms with E-state index in [1.54, 1.807) is 24.3 Å². The van der Waals surface area contributed by atoms with E-state index in [0.29, 0.717) is 28.7 Å². The number of para-hydroxylation sites is 1. The number of benzene rings is 2. The van der Waals surface area contributed by atoms with Gasteiger partial charge in [0.1, 0.15) is 23.8 Å². The summed E-state index contributed by atoms with van der Waals surface area (Å²) in [5.41, 5.74) is 11.0. The van der Waals surface area contributed by atoms with Gasteiger partial charge in [-0.2, -0.15) is 0 Å². The van der Waals surface area contributed by atoms with Crippen LogP contribution < -0.4 is 16.4 Å². The molecule has 9 nitrogen and oxygen atoms in total. The number of nitrogens with zero attached hydrogens (tertiary/aromatic N) is 4. The lowest BCUT2D eigenvalue weighted by atomic mass is 9.89. The van der Waals surface area contributed by atoms with Crippen molar-refractivity contribution >= 4 is 46.2 Å². The third-order valence-electron chi connectivity index (χ3n) is 6.79. The van der Waals surface area contributed by atoms with Crippen molar-refractivity contribution in [3.05, 3.63) is 78.1 Å². The Bertz CT molecular complexity index is 1410. The molecular formula is C28H30N8O. The second-order valence-electron chi connectivity index (χ2n) is 9.37. The third-order valence-corrected chi connectivity index (χ3v) is 6.79. The molecule has 188 valence electrons. The Morgan fingerprint density at radius 2 is 1.89 bits per heavy atom. The minimum atomic E-state index is -0.242. The van der Waals surface area contributed by atoms with E-state index in [1.165, 1.54) is 19.7 Å². The number of carbonyl (C=O) groups is 1. The van der Waals surface area contributed by atoms with E-state index in [-0.39, 0.29) is 23.5 Å². The molecule has 1 aliphatic heterocycles. The zero-order valence-corrected chi connectivity index (χ0v) is 21.0. The molecule has 0 spiro atoms. The summed E-state index contributed by atoms with van der Waals surface area (Å²) in [5, 5.41) is 15.1. The number of amides is 1. The van der Waals surface area contributed by atoms with Gasteiger partial charge in [0, 0.05) is 35.5 Å². The Labute approximate surface area is 216 Å². The van der Waals surface area contributed by atoms with Crippen molar-refractivity contribution in [2.24, 2.45) is 4.99 Å². The number of anilines is 3. The fraction of sp³-hybridized carbons (Fsp3) is 0.250. The summed E-state index contributed by atoms with van der Waals surface area (Å²) in [5.74, 6) is 1.37. The van der Waals surface area contributed by atoms with Crippen molar-refractivity contribution in [2.75, 3.05) is 16.4 Å². The zero-order valence-electron chi connectivity index (χ0n) is 21.0. The van der Waals surface area contributed by atoms with Gasteiger partial charge in [-0.3, -0.25) is 10.2 Å². The normalized spacial score (nSPS) is 15.8. The highest BCUT2D eigenvalue weighted by atomic mass is 16.1. The van der Waals surface area contributed by atoms with Gasteiger partial charge in [0.15, 0.2) is 0 Å². The molecule has 1 aromatic heterocycles. The molecule has 9 heteroatoms. The number of nitrogens with one attached hydrogen (secondary N) is 3. The van der Waals surface area contributed by atoms with Crippen LogP contribution in [0.2, 0.25) is 0 Å². The van der Waals surface area contributed by atoms with Crippen LogP contribution in [0, 0.1) is 5.41 Å². The van der Waals surface area contributed by atoms with Crippen molar-refractivity contribution in [2.45, 2.75) is 45.2 Å². The number of hydrogen-bond acceptors (Lipinski definition) is 8. The van der Waals surface area contributed by atoms with Gasteiger partial charge in [-0.15, -0.1) is 0 Å². The quantitative estimate of drug-likeness (QED) is 0.349. The molecule has 2 aliphatic rings. The van der Waals surface area contributed by atoms with Gasteiger partial charge in [0.2, 0.25) is 5.91 Å². The number of amidine groups is 1. The van der Waals surface area contributed by atoms with Gasteiger partial charge in [0.25, 0.3) is 0 Å². The average molecular weight is 495 g/mol. The van der Waals surface area contributed by atoms with Crippen LogP contribution in [-0.2, 0) is 4.79 Å². The standard InChI is InChI=1S/C28H30N8O/c1-16(28-35-23-10-5-4-9-22(23)17(2)36(28)21-7-6-8-21)33-27-24(26(30)31-15-32-27)25(29)19-11-13-20(14-12-19)34-18(3)37/h4-5,9-16,21,29H,2,6-8H2,1,3H3,(H,34,37)(H3,30,31,32,33). The molecule has 1 amide bonds. The van der Waals surface area contributed by atoms with Crippen LogP contribution in [0.3, 0.4) is 0 Å². The lowest BCUT2D eigenvalue weighted by Gasteiger charge is -2.44. The lowest BCUT2D eigenvalue weighted by Crippen LogP contribution is -2.49. The van der Waals surface area contributed by atoms with Crippen molar-refractivity contribution in [3.63, 3.8) is 0 Å². The van der Waals surface area contributed by atoms with E-state index in [0.717, 1.165) is 35.6 Å². The van der Waals surface area contributed by atoms with E-state index in [2.05, 4.69) is 38.1 Å². The first kappa shape index (κ1) is 24.2. The van der Waals surface area contributed by atoms with E-state index in [4.69, 9.17) is 16.1 Å². The molecule has 1 saturated carbocycles. The Morgan fingerprint density at radius 3 is 2.57 bits per heavy atom. The van der Waals surface area contributed by atoms with Crippen LogP contribution in [0.4, 0.5) is 23.0 Å². The van der Waals surface area contributed by atoms with Gasteiger partial charge < -0.3 is 21.3 Å². The number of aliphatic imine (C=N–C) groups is 1. The molecule has 0 radical (unpaired) electrons. The summed E-state index contributed by atoms with van der Waals surface area (Å²) in [6.07, 6.45) is 4.77. The summed E-state index contributed by atoms with van der Waals surface area (Å²) in [7, 11) is 0. The largest absolute Gasteiger partial charge is 0.383 e. The average Bonchev–Trinajstić information content (AvgIpc) is 2.84. The highest BCUT2D eigenvalue weighted by Gasteiger charge is 2.35. The van der Waals surface area contributed by atoms with Crippen LogP contribution in [0.5, 0.6) is 0 Å². The molecular weight excluding hydrogens is 464 g/mol. The summed E-state index contributed by atoms with van der Waals surface area (Å²) in [4.78, 5) is 27.2. The highest BCUT2D eigenvalue weighted by molar-refractivity contribution is 6.16. The molecule has 0 bridgehead atoms. The van der Waals surface area contributed by atoms with E-state index >= 15 is 0 Å². The molecule has 2 aromatic carbocycles. The number of nitrogens with two attached hydrogens (primary N) is 1. The first-order valence-corrected chi connectivity index (χ1v) is 12.3. The molecule has 2 heterocycles. The number of fused-ring (bicyclic) bond motifs is 1. The molecule has 5 N–H and O–H groups in total. The topological polar surface area (TPSA) is 132 Å². The fourth-order valence-electron chi connectivity index (χ4n) is 4.71. The van der Waals surface area contributed by atoms with Gasteiger partial charge in [-0.25, -0.2) is 15.0 Å². The summed E-state index contributed by atoms with van der Waals surface area (Å²) in [6, 6.07) is 15.2. The Hall–Kier alpha value is -4.53. The maximum Gasteiger partial charge on any atom is 0.221 e. The van der Waals surface area contributed by atoms with E-state index in [9.17, 15) is 4.79 Å². The maximum absolute atomic E-state index is 11.3. The van der Waals surface area contributed by atoms with Crippen LogP contribution in [-0.4, -0.2) is 44.4 Å². The number of aromatic nitrogens is 2. The number of rotatable bonds is 7. The Morgan fingerprint density at radius 1 is 1.16 bits per heavy atom. The zero-order chi connectivity index (χ0) is 26.1. The summed E-state index contributed by atoms with van der Waals surface area (Å²) < 4.78 is 0. The molecule has 1 atom stereocenters. The molecule has 3 aromatic rings. The van der Waals surface area contributed by atoms with Crippen molar-refractivity contribution in [1.29, 1.82) is 5.41 Å². The van der Waals surface area contributed by atoms with E-state index < -0.39 is 0 Å². The van der Waals surface area contributed by atoms with Crippen molar-refractivity contribution in [1.82, 2.24) is 14.9 Å². The molecule has 5 rings (SSSR count). The summed E-state index contributed by atoms with van der Waals surface area (Å²) >= 11 is 0. The van der Waals surface area contributed by atoms with Crippen LogP contribution >= 0.6 is 0 Å². The number of carbonyl (C=O) groups excluding carboxylic acids is 1. The lowest BCUT2D eigenvalue weighted by molar-refractivity contribution is -0.114. The van der Waals surface area contributed by atoms with E-state index in [1.807, 2.05) is 25.1 Å². The maximum atomic E-state index is 11.3.